The predicted molar refractivity (Wildman–Crippen MR) is 77.4 cm³/mol. The molecule has 2 atom stereocenters. The Balaban J connectivity index is 2.07. The van der Waals surface area contributed by atoms with Crippen LogP contribution in [-0.2, 0) is 0 Å². The predicted octanol–water partition coefficient (Wildman–Crippen LogP) is 3.49. The topological polar surface area (TPSA) is 24.0 Å². The second kappa shape index (κ2) is 4.72. The largest absolute Gasteiger partial charge is 0.331 e. The maximum atomic E-state index is 13.5. The van der Waals surface area contributed by atoms with Crippen molar-refractivity contribution in [1.82, 2.24) is 14.5 Å². The SMILES string of the molecule is CC1CC(n2c(=S)[nH]c3ccc(F)cc32)CCN1C. The number of piperidine rings is 1. The van der Waals surface area contributed by atoms with Gasteiger partial charge >= 0.3 is 0 Å². The fraction of sp³-hybridized carbons (Fsp3) is 0.500. The summed E-state index contributed by atoms with van der Waals surface area (Å²) in [5, 5.41) is 0. The van der Waals surface area contributed by atoms with Gasteiger partial charge in [0.2, 0.25) is 0 Å². The van der Waals surface area contributed by atoms with Gasteiger partial charge in [0.05, 0.1) is 11.0 Å². The lowest BCUT2D eigenvalue weighted by Crippen LogP contribution is -2.38. The highest BCUT2D eigenvalue weighted by atomic mass is 32.1. The molecule has 1 fully saturated rings. The van der Waals surface area contributed by atoms with E-state index in [0.717, 1.165) is 30.4 Å². The number of hydrogen-bond donors (Lipinski definition) is 1. The smallest absolute Gasteiger partial charge is 0.178 e. The minimum Gasteiger partial charge on any atom is -0.331 e. The molecule has 1 saturated heterocycles. The number of benzene rings is 1. The third-order valence-corrected chi connectivity index (χ3v) is 4.52. The average Bonchev–Trinajstić information content (AvgIpc) is 2.68. The van der Waals surface area contributed by atoms with Crippen LogP contribution in [0.15, 0.2) is 18.2 Å². The highest BCUT2D eigenvalue weighted by Gasteiger charge is 2.25. The minimum atomic E-state index is -0.212. The van der Waals surface area contributed by atoms with Crippen molar-refractivity contribution in [3.63, 3.8) is 0 Å². The Labute approximate surface area is 117 Å². The van der Waals surface area contributed by atoms with Crippen LogP contribution in [0.4, 0.5) is 4.39 Å². The Kier molecular flexibility index (Phi) is 3.19. The molecule has 0 spiro atoms. The van der Waals surface area contributed by atoms with Gasteiger partial charge in [-0.2, -0.15) is 0 Å². The molecule has 0 radical (unpaired) electrons. The van der Waals surface area contributed by atoms with Gasteiger partial charge in [-0.3, -0.25) is 0 Å². The quantitative estimate of drug-likeness (QED) is 0.808. The third kappa shape index (κ3) is 2.21. The lowest BCUT2D eigenvalue weighted by Gasteiger charge is -2.35. The summed E-state index contributed by atoms with van der Waals surface area (Å²) < 4.78 is 16.3. The number of nitrogens with zero attached hydrogens (tertiary/aromatic N) is 2. The molecule has 2 heterocycles. The number of rotatable bonds is 1. The monoisotopic (exact) mass is 279 g/mol. The van der Waals surface area contributed by atoms with Gasteiger partial charge in [0.25, 0.3) is 0 Å². The normalized spacial score (nSPS) is 25.0. The number of hydrogen-bond acceptors (Lipinski definition) is 2. The number of nitrogens with one attached hydrogen (secondary N) is 1. The Hall–Kier alpha value is -1.20. The maximum Gasteiger partial charge on any atom is 0.178 e. The number of H-pyrrole nitrogens is 1. The first-order chi connectivity index (χ1) is 9.06. The number of fused-ring (bicyclic) bond motifs is 1. The molecule has 2 aromatic rings. The summed E-state index contributed by atoms with van der Waals surface area (Å²) in [4.78, 5) is 5.53. The zero-order chi connectivity index (χ0) is 13.6. The summed E-state index contributed by atoms with van der Waals surface area (Å²) in [6.45, 7) is 3.28. The minimum absolute atomic E-state index is 0.212. The molecule has 0 aliphatic carbocycles. The van der Waals surface area contributed by atoms with E-state index in [-0.39, 0.29) is 5.82 Å². The lowest BCUT2D eigenvalue weighted by atomic mass is 9.98. The number of imidazole rings is 1. The third-order valence-electron chi connectivity index (χ3n) is 4.23. The first kappa shape index (κ1) is 12.8. The molecule has 0 saturated carbocycles. The van der Waals surface area contributed by atoms with Crippen molar-refractivity contribution in [3.8, 4) is 0 Å². The summed E-state index contributed by atoms with van der Waals surface area (Å²) in [6.07, 6.45) is 2.10. The highest BCUT2D eigenvalue weighted by molar-refractivity contribution is 7.71. The van der Waals surface area contributed by atoms with E-state index in [4.69, 9.17) is 12.2 Å². The summed E-state index contributed by atoms with van der Waals surface area (Å²) >= 11 is 5.42. The van der Waals surface area contributed by atoms with Crippen LogP contribution in [0.2, 0.25) is 0 Å². The summed E-state index contributed by atoms with van der Waals surface area (Å²) in [5.41, 5.74) is 1.80. The van der Waals surface area contributed by atoms with Crippen LogP contribution in [0, 0.1) is 10.6 Å². The van der Waals surface area contributed by atoms with Crippen LogP contribution in [0.5, 0.6) is 0 Å². The van der Waals surface area contributed by atoms with Crippen LogP contribution < -0.4 is 0 Å². The van der Waals surface area contributed by atoms with Crippen molar-refractivity contribution >= 4 is 23.3 Å². The van der Waals surface area contributed by atoms with Gasteiger partial charge in [0.1, 0.15) is 5.82 Å². The van der Waals surface area contributed by atoms with E-state index >= 15 is 0 Å². The van der Waals surface area contributed by atoms with Crippen molar-refractivity contribution in [2.24, 2.45) is 0 Å². The average molecular weight is 279 g/mol. The van der Waals surface area contributed by atoms with Crippen molar-refractivity contribution in [1.29, 1.82) is 0 Å². The van der Waals surface area contributed by atoms with E-state index in [9.17, 15) is 4.39 Å². The molecular weight excluding hydrogens is 261 g/mol. The second-order valence-corrected chi connectivity index (χ2v) is 5.86. The van der Waals surface area contributed by atoms with E-state index in [1.165, 1.54) is 6.07 Å². The molecule has 102 valence electrons. The molecule has 19 heavy (non-hydrogen) atoms. The Morgan fingerprint density at radius 3 is 2.95 bits per heavy atom. The van der Waals surface area contributed by atoms with Crippen LogP contribution in [0.25, 0.3) is 11.0 Å². The first-order valence-corrected chi connectivity index (χ1v) is 7.07. The number of likely N-dealkylation sites (tertiary alicyclic amines) is 1. The maximum absolute atomic E-state index is 13.5. The molecule has 1 aromatic carbocycles. The number of aromatic amines is 1. The Morgan fingerprint density at radius 2 is 2.21 bits per heavy atom. The second-order valence-electron chi connectivity index (χ2n) is 5.47. The molecule has 3 nitrogen and oxygen atoms in total. The molecule has 1 aliphatic rings. The van der Waals surface area contributed by atoms with E-state index < -0.39 is 0 Å². The molecule has 0 amide bonds. The van der Waals surface area contributed by atoms with Gasteiger partial charge in [0.15, 0.2) is 4.77 Å². The van der Waals surface area contributed by atoms with Crippen LogP contribution in [0.1, 0.15) is 25.8 Å². The molecular formula is C14H18FN3S. The Bertz CT molecular complexity index is 660. The fourth-order valence-corrected chi connectivity index (χ4v) is 3.31. The van der Waals surface area contributed by atoms with Crippen molar-refractivity contribution in [2.75, 3.05) is 13.6 Å². The van der Waals surface area contributed by atoms with Crippen LogP contribution in [-0.4, -0.2) is 34.1 Å². The van der Waals surface area contributed by atoms with E-state index in [0.29, 0.717) is 16.9 Å². The van der Waals surface area contributed by atoms with Gasteiger partial charge in [-0.1, -0.05) is 0 Å². The molecule has 3 rings (SSSR count). The first-order valence-electron chi connectivity index (χ1n) is 6.66. The molecule has 1 N–H and O–H groups in total. The van der Waals surface area contributed by atoms with Crippen LogP contribution >= 0.6 is 12.2 Å². The van der Waals surface area contributed by atoms with Gasteiger partial charge in [-0.05, 0) is 57.2 Å². The van der Waals surface area contributed by atoms with Crippen molar-refractivity contribution < 1.29 is 4.39 Å². The molecule has 1 aliphatic heterocycles. The summed E-state index contributed by atoms with van der Waals surface area (Å²) in [6, 6.07) is 5.68. The molecule has 0 bridgehead atoms. The summed E-state index contributed by atoms with van der Waals surface area (Å²) in [5.74, 6) is -0.212. The highest BCUT2D eigenvalue weighted by Crippen LogP contribution is 2.30. The summed E-state index contributed by atoms with van der Waals surface area (Å²) in [7, 11) is 2.15. The van der Waals surface area contributed by atoms with E-state index in [2.05, 4.69) is 28.4 Å². The molecule has 1 aromatic heterocycles. The Morgan fingerprint density at radius 1 is 1.42 bits per heavy atom. The fourth-order valence-electron chi connectivity index (χ4n) is 2.96. The number of halogens is 1. The van der Waals surface area contributed by atoms with Crippen molar-refractivity contribution in [2.45, 2.75) is 31.8 Å². The van der Waals surface area contributed by atoms with Gasteiger partial charge in [-0.15, -0.1) is 0 Å². The molecule has 5 heteroatoms. The zero-order valence-corrected chi connectivity index (χ0v) is 12.0. The van der Waals surface area contributed by atoms with Gasteiger partial charge < -0.3 is 14.5 Å². The van der Waals surface area contributed by atoms with E-state index in [1.54, 1.807) is 12.1 Å². The van der Waals surface area contributed by atoms with Gasteiger partial charge in [-0.25, -0.2) is 4.39 Å². The number of aromatic nitrogens is 2. The molecule has 2 unspecified atom stereocenters. The van der Waals surface area contributed by atoms with Gasteiger partial charge in [0, 0.05) is 18.6 Å². The van der Waals surface area contributed by atoms with E-state index in [1.807, 2.05) is 0 Å². The van der Waals surface area contributed by atoms with Crippen molar-refractivity contribution in [3.05, 3.63) is 28.8 Å². The van der Waals surface area contributed by atoms with Crippen LogP contribution in [0.3, 0.4) is 0 Å². The lowest BCUT2D eigenvalue weighted by molar-refractivity contribution is 0.158. The standard InChI is InChI=1S/C14H18FN3S/c1-9-7-11(5-6-17(9)2)18-13-8-10(15)3-4-12(13)16-14(18)19/h3-4,8-9,11H,5-7H2,1-2H3,(H,16,19). The zero-order valence-electron chi connectivity index (χ0n) is 11.2.